The Hall–Kier alpha value is -3.13. The number of para-hydroxylation sites is 2. The Morgan fingerprint density at radius 3 is 2.80 bits per heavy atom. The molecule has 2 aromatic heterocycles. The number of benzene rings is 2. The minimum Gasteiger partial charge on any atom is -0.416 e. The lowest BCUT2D eigenvalue weighted by molar-refractivity contribution is -0.129. The molecule has 0 saturated carbocycles. The topological polar surface area (TPSA) is 87.9 Å². The van der Waals surface area contributed by atoms with Crippen LogP contribution in [-0.2, 0) is 30.6 Å². The molecule has 7 nitrogen and oxygen atoms in total. The highest BCUT2D eigenvalue weighted by molar-refractivity contribution is 7.99. The number of H-pyrrole nitrogens is 1. The first-order chi connectivity index (χ1) is 14.7. The van der Waals surface area contributed by atoms with Gasteiger partial charge in [-0.15, -0.1) is 10.2 Å². The van der Waals surface area contributed by atoms with Gasteiger partial charge in [0.25, 0.3) is 5.22 Å². The standard InChI is InChI=1S/C22H21N5O2S/c28-21(27-12-11-15-5-1-2-6-16(15)13-27)14-30-22-26-25-20(29-22)10-9-19-23-17-7-3-4-8-18(17)24-19/h1-8H,9-14H2,(H,23,24). The molecule has 30 heavy (non-hydrogen) atoms. The number of aromatic amines is 1. The number of imidazole rings is 1. The molecule has 3 heterocycles. The molecule has 0 radical (unpaired) electrons. The van der Waals surface area contributed by atoms with Crippen LogP contribution >= 0.6 is 11.8 Å². The highest BCUT2D eigenvalue weighted by atomic mass is 32.2. The zero-order chi connectivity index (χ0) is 20.3. The second kappa shape index (κ2) is 8.31. The van der Waals surface area contributed by atoms with Crippen molar-refractivity contribution >= 4 is 28.7 Å². The average molecular weight is 420 g/mol. The molecule has 152 valence electrons. The van der Waals surface area contributed by atoms with E-state index < -0.39 is 0 Å². The van der Waals surface area contributed by atoms with Crippen LogP contribution < -0.4 is 0 Å². The third kappa shape index (κ3) is 4.09. The smallest absolute Gasteiger partial charge is 0.277 e. The number of carbonyl (C=O) groups is 1. The van der Waals surface area contributed by atoms with E-state index in [1.54, 1.807) is 0 Å². The summed E-state index contributed by atoms with van der Waals surface area (Å²) in [6.45, 7) is 1.42. The fourth-order valence-electron chi connectivity index (χ4n) is 3.67. The average Bonchev–Trinajstić information content (AvgIpc) is 3.42. The van der Waals surface area contributed by atoms with Crippen molar-refractivity contribution in [3.63, 3.8) is 0 Å². The molecule has 8 heteroatoms. The molecular formula is C22H21N5O2S. The van der Waals surface area contributed by atoms with Gasteiger partial charge >= 0.3 is 0 Å². The van der Waals surface area contributed by atoms with Crippen LogP contribution in [0.15, 0.2) is 58.2 Å². The van der Waals surface area contributed by atoms with Gasteiger partial charge in [0.2, 0.25) is 11.8 Å². The second-order valence-electron chi connectivity index (χ2n) is 7.29. The zero-order valence-electron chi connectivity index (χ0n) is 16.4. The van der Waals surface area contributed by atoms with Crippen molar-refractivity contribution in [2.45, 2.75) is 31.0 Å². The monoisotopic (exact) mass is 419 g/mol. The fourth-order valence-corrected chi connectivity index (χ4v) is 4.35. The SMILES string of the molecule is O=C(CSc1nnc(CCc2nc3ccccc3[nH]2)o1)N1CCc2ccccc2C1. The summed E-state index contributed by atoms with van der Waals surface area (Å²) in [5.41, 5.74) is 4.54. The Morgan fingerprint density at radius 1 is 1.07 bits per heavy atom. The van der Waals surface area contributed by atoms with E-state index in [0.29, 0.717) is 36.3 Å². The number of hydrogen-bond acceptors (Lipinski definition) is 6. The summed E-state index contributed by atoms with van der Waals surface area (Å²) < 4.78 is 5.70. The molecule has 4 aromatic rings. The first kappa shape index (κ1) is 18.9. The Bertz CT molecular complexity index is 1150. The van der Waals surface area contributed by atoms with Gasteiger partial charge in [-0.2, -0.15) is 0 Å². The molecule has 0 spiro atoms. The molecule has 1 aliphatic heterocycles. The first-order valence-electron chi connectivity index (χ1n) is 9.98. The van der Waals surface area contributed by atoms with E-state index in [1.807, 2.05) is 41.3 Å². The van der Waals surface area contributed by atoms with Gasteiger partial charge < -0.3 is 14.3 Å². The van der Waals surface area contributed by atoms with Crippen molar-refractivity contribution in [1.29, 1.82) is 0 Å². The lowest BCUT2D eigenvalue weighted by Gasteiger charge is -2.28. The summed E-state index contributed by atoms with van der Waals surface area (Å²) in [4.78, 5) is 22.3. The summed E-state index contributed by atoms with van der Waals surface area (Å²) in [6.07, 6.45) is 2.19. The Balaban J connectivity index is 1.13. The molecule has 0 aliphatic carbocycles. The maximum absolute atomic E-state index is 12.6. The fraction of sp³-hybridized carbons (Fsp3) is 0.273. The van der Waals surface area contributed by atoms with E-state index in [-0.39, 0.29) is 5.91 Å². The number of hydrogen-bond donors (Lipinski definition) is 1. The van der Waals surface area contributed by atoms with E-state index >= 15 is 0 Å². The minimum atomic E-state index is 0.0940. The van der Waals surface area contributed by atoms with E-state index in [9.17, 15) is 4.79 Å². The number of carbonyl (C=O) groups excluding carboxylic acids is 1. The molecule has 0 saturated heterocycles. The van der Waals surface area contributed by atoms with E-state index in [2.05, 4.69) is 32.3 Å². The Kier molecular flexibility index (Phi) is 5.23. The molecule has 1 N–H and O–H groups in total. The molecule has 0 fully saturated rings. The summed E-state index contributed by atoms with van der Waals surface area (Å²) in [5.74, 6) is 1.84. The Labute approximate surface area is 177 Å². The van der Waals surface area contributed by atoms with Crippen molar-refractivity contribution < 1.29 is 9.21 Å². The second-order valence-corrected chi connectivity index (χ2v) is 8.21. The van der Waals surface area contributed by atoms with Gasteiger partial charge in [0.1, 0.15) is 5.82 Å². The van der Waals surface area contributed by atoms with Crippen molar-refractivity contribution in [3.8, 4) is 0 Å². The van der Waals surface area contributed by atoms with Crippen LogP contribution in [-0.4, -0.2) is 43.3 Å². The van der Waals surface area contributed by atoms with Gasteiger partial charge in [-0.25, -0.2) is 4.98 Å². The quantitative estimate of drug-likeness (QED) is 0.482. The van der Waals surface area contributed by atoms with Crippen molar-refractivity contribution in [2.75, 3.05) is 12.3 Å². The highest BCUT2D eigenvalue weighted by Crippen LogP contribution is 2.22. The van der Waals surface area contributed by atoms with Crippen LogP contribution in [0.5, 0.6) is 0 Å². The minimum absolute atomic E-state index is 0.0940. The van der Waals surface area contributed by atoms with Gasteiger partial charge in [0, 0.05) is 25.9 Å². The lowest BCUT2D eigenvalue weighted by atomic mass is 10.00. The van der Waals surface area contributed by atoms with E-state index in [1.165, 1.54) is 22.9 Å². The van der Waals surface area contributed by atoms with Crippen LogP contribution in [0.4, 0.5) is 0 Å². The normalized spacial score (nSPS) is 13.5. The number of thioether (sulfide) groups is 1. The summed E-state index contributed by atoms with van der Waals surface area (Å²) in [7, 11) is 0. The molecule has 1 aliphatic rings. The number of aryl methyl sites for hydroxylation is 2. The Morgan fingerprint density at radius 2 is 1.90 bits per heavy atom. The van der Waals surface area contributed by atoms with Gasteiger partial charge in [0.15, 0.2) is 0 Å². The number of nitrogens with zero attached hydrogens (tertiary/aromatic N) is 4. The van der Waals surface area contributed by atoms with Crippen LogP contribution in [0.3, 0.4) is 0 Å². The first-order valence-corrected chi connectivity index (χ1v) is 11.0. The number of aromatic nitrogens is 4. The maximum Gasteiger partial charge on any atom is 0.277 e. The predicted molar refractivity (Wildman–Crippen MR) is 114 cm³/mol. The maximum atomic E-state index is 12.6. The van der Waals surface area contributed by atoms with Crippen molar-refractivity contribution in [1.82, 2.24) is 25.1 Å². The van der Waals surface area contributed by atoms with Crippen LogP contribution in [0.1, 0.15) is 22.8 Å². The molecule has 1 amide bonds. The largest absolute Gasteiger partial charge is 0.416 e. The number of amides is 1. The van der Waals surface area contributed by atoms with Gasteiger partial charge in [-0.3, -0.25) is 4.79 Å². The third-order valence-corrected chi connectivity index (χ3v) is 6.07. The summed E-state index contributed by atoms with van der Waals surface area (Å²) in [6, 6.07) is 16.2. The van der Waals surface area contributed by atoms with Crippen LogP contribution in [0, 0.1) is 0 Å². The number of rotatable bonds is 6. The molecule has 0 unspecified atom stereocenters. The predicted octanol–water partition coefficient (Wildman–Crippen LogP) is 3.41. The van der Waals surface area contributed by atoms with Crippen molar-refractivity contribution in [3.05, 3.63) is 71.4 Å². The molecular weight excluding hydrogens is 398 g/mol. The summed E-state index contributed by atoms with van der Waals surface area (Å²) in [5, 5.41) is 8.60. The molecule has 0 bridgehead atoms. The van der Waals surface area contributed by atoms with Gasteiger partial charge in [-0.1, -0.05) is 48.2 Å². The van der Waals surface area contributed by atoms with Crippen LogP contribution in [0.2, 0.25) is 0 Å². The van der Waals surface area contributed by atoms with E-state index in [4.69, 9.17) is 4.42 Å². The third-order valence-electron chi connectivity index (χ3n) is 5.26. The molecule has 0 atom stereocenters. The molecule has 5 rings (SSSR count). The number of nitrogens with one attached hydrogen (secondary N) is 1. The number of fused-ring (bicyclic) bond motifs is 2. The zero-order valence-corrected chi connectivity index (χ0v) is 17.2. The van der Waals surface area contributed by atoms with Gasteiger partial charge in [-0.05, 0) is 29.7 Å². The van der Waals surface area contributed by atoms with Crippen molar-refractivity contribution in [2.24, 2.45) is 0 Å². The van der Waals surface area contributed by atoms with E-state index in [0.717, 1.165) is 29.8 Å². The van der Waals surface area contributed by atoms with Gasteiger partial charge in [0.05, 0.1) is 16.8 Å². The van der Waals surface area contributed by atoms with Crippen LogP contribution in [0.25, 0.3) is 11.0 Å². The highest BCUT2D eigenvalue weighted by Gasteiger charge is 2.21. The summed E-state index contributed by atoms with van der Waals surface area (Å²) >= 11 is 1.29. The molecule has 2 aromatic carbocycles. The lowest BCUT2D eigenvalue weighted by Crippen LogP contribution is -2.37.